The summed E-state index contributed by atoms with van der Waals surface area (Å²) in [7, 11) is 0. The molecular formula is C8H11BrN2OS. The average molecular weight is 263 g/mol. The molecule has 1 unspecified atom stereocenters. The monoisotopic (exact) mass is 262 g/mol. The molecule has 72 valence electrons. The maximum absolute atomic E-state index is 5.48. The predicted molar refractivity (Wildman–Crippen MR) is 57.3 cm³/mol. The first-order valence-corrected chi connectivity index (χ1v) is 5.98. The van der Waals surface area contributed by atoms with E-state index in [0.29, 0.717) is 6.10 Å². The highest BCUT2D eigenvalue weighted by Crippen LogP contribution is 2.20. The minimum atomic E-state index is 0.377. The van der Waals surface area contributed by atoms with Crippen LogP contribution in [0.25, 0.3) is 0 Å². The molecule has 0 bridgehead atoms. The van der Waals surface area contributed by atoms with Crippen molar-refractivity contribution < 1.29 is 4.74 Å². The third-order valence-electron chi connectivity index (χ3n) is 1.98. The van der Waals surface area contributed by atoms with Crippen LogP contribution in [0.5, 0.6) is 0 Å². The molecule has 0 aliphatic carbocycles. The van der Waals surface area contributed by atoms with Crippen LogP contribution in [0.2, 0.25) is 0 Å². The van der Waals surface area contributed by atoms with Gasteiger partial charge in [0.25, 0.3) is 0 Å². The van der Waals surface area contributed by atoms with Gasteiger partial charge in [-0.3, -0.25) is 0 Å². The highest BCUT2D eigenvalue weighted by molar-refractivity contribution is 9.10. The van der Waals surface area contributed by atoms with E-state index >= 15 is 0 Å². The summed E-state index contributed by atoms with van der Waals surface area (Å²) in [5, 5.41) is 6.19. The van der Waals surface area contributed by atoms with Crippen molar-refractivity contribution in [2.75, 3.05) is 18.5 Å². The number of ether oxygens (including phenoxy) is 1. The smallest absolute Gasteiger partial charge is 0.183 e. The average Bonchev–Trinajstić information content (AvgIpc) is 2.71. The third-order valence-corrected chi connectivity index (χ3v) is 3.49. The van der Waals surface area contributed by atoms with Crippen molar-refractivity contribution in [1.29, 1.82) is 0 Å². The topological polar surface area (TPSA) is 34.1 Å². The Kier molecular flexibility index (Phi) is 3.18. The second-order valence-electron chi connectivity index (χ2n) is 2.99. The van der Waals surface area contributed by atoms with Crippen molar-refractivity contribution in [3.8, 4) is 0 Å². The Bertz CT molecular complexity index is 273. The van der Waals surface area contributed by atoms with Crippen LogP contribution < -0.4 is 5.32 Å². The summed E-state index contributed by atoms with van der Waals surface area (Å²) in [6.45, 7) is 1.79. The second-order valence-corrected chi connectivity index (χ2v) is 4.66. The highest BCUT2D eigenvalue weighted by Gasteiger charge is 2.15. The summed E-state index contributed by atoms with van der Waals surface area (Å²) < 4.78 is 6.38. The standard InChI is InChI=1S/C8H11BrN2OS/c9-7-5-13-8(11-7)10-4-6-2-1-3-12-6/h5-6H,1-4H2,(H,10,11). The minimum Gasteiger partial charge on any atom is -0.376 e. The van der Waals surface area contributed by atoms with Gasteiger partial charge in [0.2, 0.25) is 0 Å². The molecule has 5 heteroatoms. The first kappa shape index (κ1) is 9.43. The summed E-state index contributed by atoms with van der Waals surface area (Å²) in [6.07, 6.45) is 2.73. The summed E-state index contributed by atoms with van der Waals surface area (Å²) in [6, 6.07) is 0. The number of thiazole rings is 1. The van der Waals surface area contributed by atoms with Crippen molar-refractivity contribution in [2.24, 2.45) is 0 Å². The molecular weight excluding hydrogens is 252 g/mol. The number of rotatable bonds is 3. The van der Waals surface area contributed by atoms with Crippen molar-refractivity contribution in [2.45, 2.75) is 18.9 Å². The summed E-state index contributed by atoms with van der Waals surface area (Å²) in [5.74, 6) is 0. The number of nitrogens with one attached hydrogen (secondary N) is 1. The quantitative estimate of drug-likeness (QED) is 0.909. The van der Waals surface area contributed by atoms with Gasteiger partial charge >= 0.3 is 0 Å². The van der Waals surface area contributed by atoms with Gasteiger partial charge in [-0.15, -0.1) is 11.3 Å². The molecule has 1 aromatic heterocycles. The number of nitrogens with zero attached hydrogens (tertiary/aromatic N) is 1. The number of hydrogen-bond donors (Lipinski definition) is 1. The molecule has 1 saturated heterocycles. The Morgan fingerprint density at radius 1 is 1.77 bits per heavy atom. The zero-order chi connectivity index (χ0) is 9.10. The van der Waals surface area contributed by atoms with Gasteiger partial charge in [0.1, 0.15) is 4.60 Å². The maximum atomic E-state index is 5.48. The van der Waals surface area contributed by atoms with Crippen LogP contribution in [-0.2, 0) is 4.74 Å². The van der Waals surface area contributed by atoms with E-state index in [4.69, 9.17) is 4.74 Å². The Labute approximate surface area is 89.6 Å². The Morgan fingerprint density at radius 2 is 2.69 bits per heavy atom. The van der Waals surface area contributed by atoms with Crippen molar-refractivity contribution in [3.63, 3.8) is 0 Å². The Hall–Kier alpha value is -0.130. The van der Waals surface area contributed by atoms with Gasteiger partial charge in [-0.25, -0.2) is 4.98 Å². The number of anilines is 1. The van der Waals surface area contributed by atoms with E-state index in [2.05, 4.69) is 26.2 Å². The summed E-state index contributed by atoms with van der Waals surface area (Å²) in [4.78, 5) is 4.24. The van der Waals surface area contributed by atoms with E-state index in [1.165, 1.54) is 12.8 Å². The first-order valence-electron chi connectivity index (χ1n) is 4.31. The number of aromatic nitrogens is 1. The molecule has 1 atom stereocenters. The Balaban J connectivity index is 1.78. The molecule has 1 aliphatic heterocycles. The van der Waals surface area contributed by atoms with E-state index in [9.17, 15) is 0 Å². The van der Waals surface area contributed by atoms with Gasteiger partial charge in [0, 0.05) is 18.5 Å². The van der Waals surface area contributed by atoms with Crippen LogP contribution in [0.1, 0.15) is 12.8 Å². The molecule has 0 radical (unpaired) electrons. The van der Waals surface area contributed by atoms with E-state index in [-0.39, 0.29) is 0 Å². The molecule has 2 heterocycles. The summed E-state index contributed by atoms with van der Waals surface area (Å²) in [5.41, 5.74) is 0. The fourth-order valence-corrected chi connectivity index (χ4v) is 2.50. The predicted octanol–water partition coefficient (Wildman–Crippen LogP) is 2.50. The van der Waals surface area contributed by atoms with E-state index in [1.54, 1.807) is 11.3 Å². The van der Waals surface area contributed by atoms with Gasteiger partial charge in [-0.05, 0) is 28.8 Å². The maximum Gasteiger partial charge on any atom is 0.183 e. The molecule has 1 aromatic rings. The molecule has 2 rings (SSSR count). The van der Waals surface area contributed by atoms with Crippen molar-refractivity contribution >= 4 is 32.4 Å². The summed E-state index contributed by atoms with van der Waals surface area (Å²) >= 11 is 4.92. The van der Waals surface area contributed by atoms with E-state index in [1.807, 2.05) is 5.38 Å². The minimum absolute atomic E-state index is 0.377. The largest absolute Gasteiger partial charge is 0.376 e. The lowest BCUT2D eigenvalue weighted by atomic mass is 10.2. The molecule has 1 fully saturated rings. The zero-order valence-electron chi connectivity index (χ0n) is 7.12. The molecule has 0 saturated carbocycles. The fourth-order valence-electron chi connectivity index (χ4n) is 1.34. The molecule has 0 spiro atoms. The highest BCUT2D eigenvalue weighted by atomic mass is 79.9. The molecule has 0 aromatic carbocycles. The number of halogens is 1. The number of hydrogen-bond acceptors (Lipinski definition) is 4. The van der Waals surface area contributed by atoms with Crippen LogP contribution in [0.3, 0.4) is 0 Å². The van der Waals surface area contributed by atoms with Crippen LogP contribution >= 0.6 is 27.3 Å². The molecule has 1 aliphatic rings. The normalized spacial score (nSPS) is 22.1. The van der Waals surface area contributed by atoms with Crippen molar-refractivity contribution in [1.82, 2.24) is 4.98 Å². The van der Waals surface area contributed by atoms with Gasteiger partial charge in [0.05, 0.1) is 6.10 Å². The van der Waals surface area contributed by atoms with E-state index in [0.717, 1.165) is 22.9 Å². The lowest BCUT2D eigenvalue weighted by molar-refractivity contribution is 0.120. The second kappa shape index (κ2) is 4.39. The van der Waals surface area contributed by atoms with Crippen LogP contribution in [0.15, 0.2) is 9.98 Å². The van der Waals surface area contributed by atoms with Gasteiger partial charge in [-0.2, -0.15) is 0 Å². The lowest BCUT2D eigenvalue weighted by Gasteiger charge is -2.08. The van der Waals surface area contributed by atoms with Crippen LogP contribution in [-0.4, -0.2) is 24.2 Å². The fraction of sp³-hybridized carbons (Fsp3) is 0.625. The van der Waals surface area contributed by atoms with Crippen molar-refractivity contribution in [3.05, 3.63) is 9.98 Å². The molecule has 13 heavy (non-hydrogen) atoms. The van der Waals surface area contributed by atoms with Gasteiger partial charge in [-0.1, -0.05) is 0 Å². The van der Waals surface area contributed by atoms with Crippen LogP contribution in [0.4, 0.5) is 5.13 Å². The van der Waals surface area contributed by atoms with Gasteiger partial charge < -0.3 is 10.1 Å². The third kappa shape index (κ3) is 2.65. The lowest BCUT2D eigenvalue weighted by Crippen LogP contribution is -2.18. The van der Waals surface area contributed by atoms with Crippen LogP contribution in [0, 0.1) is 0 Å². The SMILES string of the molecule is Brc1csc(NCC2CCCO2)n1. The van der Waals surface area contributed by atoms with Gasteiger partial charge in [0.15, 0.2) is 5.13 Å². The first-order chi connectivity index (χ1) is 6.34. The zero-order valence-corrected chi connectivity index (χ0v) is 9.53. The van der Waals surface area contributed by atoms with E-state index < -0.39 is 0 Å². The molecule has 0 amide bonds. The molecule has 1 N–H and O–H groups in total. The molecule has 3 nitrogen and oxygen atoms in total. The Morgan fingerprint density at radius 3 is 3.31 bits per heavy atom.